The van der Waals surface area contributed by atoms with Crippen molar-refractivity contribution in [3.05, 3.63) is 35.9 Å². The first-order valence-corrected chi connectivity index (χ1v) is 6.82. The second-order valence-corrected chi connectivity index (χ2v) is 5.08. The number of hydrogen-bond donors (Lipinski definition) is 0. The number of hydrogen-bond acceptors (Lipinski definition) is 5. The van der Waals surface area contributed by atoms with E-state index in [0.29, 0.717) is 19.6 Å². The Morgan fingerprint density at radius 1 is 1.35 bits per heavy atom. The molecule has 1 aromatic carbocycles. The summed E-state index contributed by atoms with van der Waals surface area (Å²) >= 11 is 0. The highest BCUT2D eigenvalue weighted by Crippen LogP contribution is 2.31. The zero-order chi connectivity index (χ0) is 13.9. The highest BCUT2D eigenvalue weighted by atomic mass is 16.7. The maximum atomic E-state index is 11.2. The number of esters is 1. The molecular weight excluding hydrogens is 260 g/mol. The molecule has 1 aromatic rings. The van der Waals surface area contributed by atoms with E-state index in [0.717, 1.165) is 5.56 Å². The fourth-order valence-electron chi connectivity index (χ4n) is 2.64. The van der Waals surface area contributed by atoms with Gasteiger partial charge >= 0.3 is 5.97 Å². The lowest BCUT2D eigenvalue weighted by Gasteiger charge is -2.34. The van der Waals surface area contributed by atoms with Gasteiger partial charge in [-0.05, 0) is 5.56 Å². The van der Waals surface area contributed by atoms with Crippen molar-refractivity contribution in [2.45, 2.75) is 44.6 Å². The molecule has 2 heterocycles. The van der Waals surface area contributed by atoms with Crippen LogP contribution in [0.15, 0.2) is 30.3 Å². The van der Waals surface area contributed by atoms with E-state index in [1.165, 1.54) is 6.92 Å². The lowest BCUT2D eigenvalue weighted by atomic mass is 10.0. The van der Waals surface area contributed by atoms with E-state index in [1.807, 2.05) is 30.3 Å². The van der Waals surface area contributed by atoms with Crippen molar-refractivity contribution in [2.24, 2.45) is 0 Å². The van der Waals surface area contributed by atoms with E-state index in [-0.39, 0.29) is 30.6 Å². The summed E-state index contributed by atoms with van der Waals surface area (Å²) in [5, 5.41) is 0. The van der Waals surface area contributed by atoms with Crippen LogP contribution in [-0.2, 0) is 30.3 Å². The number of carbonyl (C=O) groups is 1. The lowest BCUT2D eigenvalue weighted by Crippen LogP contribution is -2.47. The van der Waals surface area contributed by atoms with Crippen LogP contribution in [0.5, 0.6) is 0 Å². The van der Waals surface area contributed by atoms with Crippen LogP contribution in [0.4, 0.5) is 0 Å². The Morgan fingerprint density at radius 3 is 2.90 bits per heavy atom. The van der Waals surface area contributed by atoms with Crippen molar-refractivity contribution in [1.29, 1.82) is 0 Å². The number of benzene rings is 1. The first-order chi connectivity index (χ1) is 9.72. The Kier molecular flexibility index (Phi) is 4.00. The van der Waals surface area contributed by atoms with Gasteiger partial charge < -0.3 is 18.9 Å². The number of fused-ring (bicyclic) bond motifs is 2. The fraction of sp³-hybridized carbons (Fsp3) is 0.533. The molecule has 0 aromatic heterocycles. The Balaban J connectivity index is 1.65. The van der Waals surface area contributed by atoms with Gasteiger partial charge in [0.15, 0.2) is 6.29 Å². The third kappa shape index (κ3) is 3.00. The van der Waals surface area contributed by atoms with E-state index in [2.05, 4.69) is 0 Å². The van der Waals surface area contributed by atoms with Gasteiger partial charge in [0.25, 0.3) is 0 Å². The zero-order valence-electron chi connectivity index (χ0n) is 11.4. The molecule has 0 aliphatic carbocycles. The Labute approximate surface area is 117 Å². The first kappa shape index (κ1) is 13.5. The van der Waals surface area contributed by atoms with Crippen LogP contribution in [0, 0.1) is 0 Å². The summed E-state index contributed by atoms with van der Waals surface area (Å²) in [6, 6.07) is 9.89. The molecule has 2 aliphatic rings. The summed E-state index contributed by atoms with van der Waals surface area (Å²) in [4.78, 5) is 11.2. The monoisotopic (exact) mass is 278 g/mol. The maximum Gasteiger partial charge on any atom is 0.302 e. The summed E-state index contributed by atoms with van der Waals surface area (Å²) in [6.07, 6.45) is -0.502. The number of rotatable bonds is 4. The average Bonchev–Trinajstić information content (AvgIpc) is 2.82. The topological polar surface area (TPSA) is 54.0 Å². The summed E-state index contributed by atoms with van der Waals surface area (Å²) in [5.74, 6) is -0.301. The van der Waals surface area contributed by atoms with Crippen LogP contribution < -0.4 is 0 Å². The van der Waals surface area contributed by atoms with Crippen LogP contribution in [0.1, 0.15) is 18.9 Å². The molecule has 5 nitrogen and oxygen atoms in total. The molecule has 0 N–H and O–H groups in total. The third-order valence-electron chi connectivity index (χ3n) is 3.53. The van der Waals surface area contributed by atoms with Gasteiger partial charge in [0.2, 0.25) is 0 Å². The number of carbonyl (C=O) groups excluding carboxylic acids is 1. The molecule has 0 amide bonds. The summed E-state index contributed by atoms with van der Waals surface area (Å²) in [5.41, 5.74) is 1.08. The van der Waals surface area contributed by atoms with E-state index in [9.17, 15) is 4.79 Å². The quantitative estimate of drug-likeness (QED) is 0.784. The van der Waals surface area contributed by atoms with Gasteiger partial charge in [-0.15, -0.1) is 0 Å². The van der Waals surface area contributed by atoms with Crippen molar-refractivity contribution >= 4 is 5.97 Å². The molecule has 2 bridgehead atoms. The second-order valence-electron chi connectivity index (χ2n) is 5.08. The van der Waals surface area contributed by atoms with E-state index in [4.69, 9.17) is 18.9 Å². The second kappa shape index (κ2) is 5.91. The molecule has 108 valence electrons. The van der Waals surface area contributed by atoms with Crippen LogP contribution in [0.25, 0.3) is 0 Å². The predicted octanol–water partition coefficient (Wildman–Crippen LogP) is 1.65. The molecule has 2 saturated heterocycles. The minimum atomic E-state index is -0.303. The zero-order valence-corrected chi connectivity index (χ0v) is 11.4. The van der Waals surface area contributed by atoms with Gasteiger partial charge in [0.05, 0.1) is 13.2 Å². The van der Waals surface area contributed by atoms with Crippen molar-refractivity contribution in [1.82, 2.24) is 0 Å². The molecule has 0 unspecified atom stereocenters. The Hall–Kier alpha value is -1.43. The van der Waals surface area contributed by atoms with Gasteiger partial charge in [-0.2, -0.15) is 0 Å². The highest BCUT2D eigenvalue weighted by Gasteiger charge is 2.46. The minimum absolute atomic E-state index is 0.165. The molecule has 4 atom stereocenters. The SMILES string of the molecule is CC(=O)O[C@@H]1C[C@@H]2OC[C@@H](O2)[C@H]1OCc1ccccc1. The molecule has 0 spiro atoms. The van der Waals surface area contributed by atoms with Crippen molar-refractivity contribution in [2.75, 3.05) is 6.61 Å². The van der Waals surface area contributed by atoms with Crippen LogP contribution in [-0.4, -0.2) is 37.2 Å². The molecular formula is C15H18O5. The van der Waals surface area contributed by atoms with Gasteiger partial charge in [-0.1, -0.05) is 30.3 Å². The summed E-state index contributed by atoms with van der Waals surface area (Å²) in [7, 11) is 0. The summed E-state index contributed by atoms with van der Waals surface area (Å²) in [6.45, 7) is 2.36. The molecule has 0 radical (unpaired) electrons. The van der Waals surface area contributed by atoms with Crippen LogP contribution in [0.2, 0.25) is 0 Å². The largest absolute Gasteiger partial charge is 0.459 e. The molecule has 2 aliphatic heterocycles. The molecule has 2 fully saturated rings. The lowest BCUT2D eigenvalue weighted by molar-refractivity contribution is -0.201. The van der Waals surface area contributed by atoms with Gasteiger partial charge in [0.1, 0.15) is 18.3 Å². The first-order valence-electron chi connectivity index (χ1n) is 6.82. The highest BCUT2D eigenvalue weighted by molar-refractivity contribution is 5.66. The Morgan fingerprint density at radius 2 is 2.15 bits per heavy atom. The van der Waals surface area contributed by atoms with E-state index in [1.54, 1.807) is 0 Å². The van der Waals surface area contributed by atoms with Crippen molar-refractivity contribution in [3.8, 4) is 0 Å². The molecule has 5 heteroatoms. The van der Waals surface area contributed by atoms with Gasteiger partial charge in [0, 0.05) is 13.3 Å². The van der Waals surface area contributed by atoms with Crippen LogP contribution in [0.3, 0.4) is 0 Å². The normalized spacial score (nSPS) is 32.0. The molecule has 0 saturated carbocycles. The van der Waals surface area contributed by atoms with Crippen molar-refractivity contribution in [3.63, 3.8) is 0 Å². The van der Waals surface area contributed by atoms with Gasteiger partial charge in [-0.3, -0.25) is 4.79 Å². The molecule has 20 heavy (non-hydrogen) atoms. The van der Waals surface area contributed by atoms with Crippen LogP contribution >= 0.6 is 0 Å². The molecule has 3 rings (SSSR count). The third-order valence-corrected chi connectivity index (χ3v) is 3.53. The predicted molar refractivity (Wildman–Crippen MR) is 69.8 cm³/mol. The smallest absolute Gasteiger partial charge is 0.302 e. The van der Waals surface area contributed by atoms with E-state index < -0.39 is 0 Å². The number of ether oxygens (including phenoxy) is 4. The van der Waals surface area contributed by atoms with E-state index >= 15 is 0 Å². The standard InChI is InChI=1S/C15H18O5/c1-10(16)19-12-7-14-17-9-13(20-14)15(12)18-8-11-5-3-2-4-6-11/h2-6,12-15H,7-9H2,1H3/t12-,13-,14-,15+/m1/s1. The van der Waals surface area contributed by atoms with Gasteiger partial charge in [-0.25, -0.2) is 0 Å². The van der Waals surface area contributed by atoms with Crippen molar-refractivity contribution < 1.29 is 23.7 Å². The minimum Gasteiger partial charge on any atom is -0.459 e. The maximum absolute atomic E-state index is 11.2. The fourth-order valence-corrected chi connectivity index (χ4v) is 2.64. The average molecular weight is 278 g/mol. The Bertz CT molecular complexity index is 461. The summed E-state index contributed by atoms with van der Waals surface area (Å²) < 4.78 is 22.4.